The molecule has 2 aromatic heterocycles. The molecule has 0 fully saturated rings. The lowest BCUT2D eigenvalue weighted by atomic mass is 10.1. The number of ether oxygens (including phenoxy) is 1. The first-order valence-electron chi connectivity index (χ1n) is 7.01. The average molecular weight is 290 g/mol. The topological polar surface area (TPSA) is 34.2 Å². The van der Waals surface area contributed by atoms with Gasteiger partial charge in [-0.2, -0.15) is 0 Å². The smallest absolute Gasteiger partial charge is 0.138 e. The predicted octanol–water partition coefficient (Wildman–Crippen LogP) is 3.80. The standard InChI is InChI=1S/C16H22N2OS/c1-5-14-6-7-15(20-14)16(17-4)12-8-13(10-18-9-12)19-11(2)3/h6-11,16-17H,5H2,1-4H3. The second-order valence-corrected chi connectivity index (χ2v) is 6.20. The zero-order valence-electron chi connectivity index (χ0n) is 12.5. The summed E-state index contributed by atoms with van der Waals surface area (Å²) in [7, 11) is 1.98. The van der Waals surface area contributed by atoms with Crippen LogP contribution < -0.4 is 10.1 Å². The zero-order valence-corrected chi connectivity index (χ0v) is 13.3. The molecular weight excluding hydrogens is 268 g/mol. The highest BCUT2D eigenvalue weighted by Crippen LogP contribution is 2.29. The first-order valence-corrected chi connectivity index (χ1v) is 7.83. The van der Waals surface area contributed by atoms with E-state index >= 15 is 0 Å². The van der Waals surface area contributed by atoms with E-state index in [9.17, 15) is 0 Å². The van der Waals surface area contributed by atoms with Crippen molar-refractivity contribution in [2.75, 3.05) is 7.05 Å². The minimum Gasteiger partial charge on any atom is -0.489 e. The van der Waals surface area contributed by atoms with Crippen LogP contribution in [-0.2, 0) is 6.42 Å². The third-order valence-corrected chi connectivity index (χ3v) is 4.34. The molecule has 0 spiro atoms. The molecule has 4 heteroatoms. The second-order valence-electron chi connectivity index (χ2n) is 5.00. The number of aryl methyl sites for hydroxylation is 1. The Bertz CT molecular complexity index is 551. The molecule has 0 saturated heterocycles. The predicted molar refractivity (Wildman–Crippen MR) is 84.6 cm³/mol. The summed E-state index contributed by atoms with van der Waals surface area (Å²) in [4.78, 5) is 7.02. The quantitative estimate of drug-likeness (QED) is 0.878. The average Bonchev–Trinajstić information content (AvgIpc) is 2.88. The molecule has 0 aliphatic rings. The third-order valence-electron chi connectivity index (χ3n) is 3.04. The first-order chi connectivity index (χ1) is 9.63. The maximum atomic E-state index is 5.72. The molecule has 20 heavy (non-hydrogen) atoms. The lowest BCUT2D eigenvalue weighted by Crippen LogP contribution is -2.17. The summed E-state index contributed by atoms with van der Waals surface area (Å²) < 4.78 is 5.72. The van der Waals surface area contributed by atoms with Crippen molar-refractivity contribution in [3.63, 3.8) is 0 Å². The van der Waals surface area contributed by atoms with Gasteiger partial charge in [0.15, 0.2) is 0 Å². The number of rotatable bonds is 6. The fourth-order valence-electron chi connectivity index (χ4n) is 2.14. The second kappa shape index (κ2) is 6.86. The van der Waals surface area contributed by atoms with Crippen molar-refractivity contribution in [3.8, 4) is 5.75 Å². The summed E-state index contributed by atoms with van der Waals surface area (Å²) >= 11 is 1.85. The fourth-order valence-corrected chi connectivity index (χ4v) is 3.23. The highest BCUT2D eigenvalue weighted by molar-refractivity contribution is 7.12. The molecule has 0 bridgehead atoms. The van der Waals surface area contributed by atoms with Crippen molar-refractivity contribution >= 4 is 11.3 Å². The Morgan fingerprint density at radius 2 is 2.10 bits per heavy atom. The maximum Gasteiger partial charge on any atom is 0.138 e. The summed E-state index contributed by atoms with van der Waals surface area (Å²) in [6, 6.07) is 6.63. The van der Waals surface area contributed by atoms with Crippen molar-refractivity contribution < 1.29 is 4.74 Å². The van der Waals surface area contributed by atoms with Gasteiger partial charge in [-0.05, 0) is 51.1 Å². The number of aromatic nitrogens is 1. The van der Waals surface area contributed by atoms with Gasteiger partial charge in [0, 0.05) is 16.0 Å². The Morgan fingerprint density at radius 1 is 1.30 bits per heavy atom. The van der Waals surface area contributed by atoms with E-state index in [1.807, 2.05) is 38.4 Å². The van der Waals surface area contributed by atoms with Gasteiger partial charge < -0.3 is 10.1 Å². The number of hydrogen-bond acceptors (Lipinski definition) is 4. The van der Waals surface area contributed by atoms with Crippen LogP contribution in [0.5, 0.6) is 5.75 Å². The normalized spacial score (nSPS) is 12.7. The van der Waals surface area contributed by atoms with Crippen LogP contribution in [0, 0.1) is 0 Å². The van der Waals surface area contributed by atoms with Gasteiger partial charge in [0.2, 0.25) is 0 Å². The molecule has 2 aromatic rings. The van der Waals surface area contributed by atoms with Crippen LogP contribution in [0.3, 0.4) is 0 Å². The molecule has 2 heterocycles. The Hall–Kier alpha value is -1.39. The van der Waals surface area contributed by atoms with Crippen LogP contribution in [0.25, 0.3) is 0 Å². The van der Waals surface area contributed by atoms with Gasteiger partial charge >= 0.3 is 0 Å². The van der Waals surface area contributed by atoms with E-state index in [4.69, 9.17) is 4.74 Å². The summed E-state index contributed by atoms with van der Waals surface area (Å²) in [5.74, 6) is 0.824. The molecule has 3 nitrogen and oxygen atoms in total. The third kappa shape index (κ3) is 3.58. The molecule has 1 atom stereocenters. The first kappa shape index (κ1) is 15.0. The Balaban J connectivity index is 2.26. The zero-order chi connectivity index (χ0) is 14.5. The van der Waals surface area contributed by atoms with E-state index in [-0.39, 0.29) is 12.1 Å². The molecule has 0 amide bonds. The van der Waals surface area contributed by atoms with Crippen molar-refractivity contribution in [2.45, 2.75) is 39.3 Å². The van der Waals surface area contributed by atoms with Crippen LogP contribution in [-0.4, -0.2) is 18.1 Å². The minimum absolute atomic E-state index is 0.161. The summed E-state index contributed by atoms with van der Waals surface area (Å²) in [6.45, 7) is 6.23. The van der Waals surface area contributed by atoms with Crippen molar-refractivity contribution in [1.29, 1.82) is 0 Å². The van der Waals surface area contributed by atoms with Gasteiger partial charge in [-0.1, -0.05) is 6.92 Å². The van der Waals surface area contributed by atoms with E-state index < -0.39 is 0 Å². The monoisotopic (exact) mass is 290 g/mol. The van der Waals surface area contributed by atoms with Gasteiger partial charge in [0.05, 0.1) is 18.3 Å². The van der Waals surface area contributed by atoms with Crippen LogP contribution >= 0.6 is 11.3 Å². The van der Waals surface area contributed by atoms with E-state index in [2.05, 4.69) is 35.4 Å². The molecule has 0 aromatic carbocycles. The van der Waals surface area contributed by atoms with Crippen LogP contribution in [0.2, 0.25) is 0 Å². The molecule has 2 rings (SSSR count). The highest BCUT2D eigenvalue weighted by atomic mass is 32.1. The lowest BCUT2D eigenvalue weighted by Gasteiger charge is -2.16. The van der Waals surface area contributed by atoms with E-state index in [0.29, 0.717) is 0 Å². The molecule has 108 valence electrons. The van der Waals surface area contributed by atoms with Crippen molar-refractivity contribution in [2.24, 2.45) is 0 Å². The number of nitrogens with zero attached hydrogens (tertiary/aromatic N) is 1. The summed E-state index contributed by atoms with van der Waals surface area (Å²) in [5, 5.41) is 3.37. The van der Waals surface area contributed by atoms with Gasteiger partial charge in [-0.15, -0.1) is 11.3 Å². The van der Waals surface area contributed by atoms with E-state index in [1.54, 1.807) is 6.20 Å². The molecular formula is C16H22N2OS. The van der Waals surface area contributed by atoms with Crippen LogP contribution in [0.15, 0.2) is 30.6 Å². The number of hydrogen-bond donors (Lipinski definition) is 1. The van der Waals surface area contributed by atoms with Crippen LogP contribution in [0.4, 0.5) is 0 Å². The number of pyridine rings is 1. The van der Waals surface area contributed by atoms with Gasteiger partial charge in [-0.25, -0.2) is 0 Å². The van der Waals surface area contributed by atoms with Crippen LogP contribution in [0.1, 0.15) is 42.1 Å². The van der Waals surface area contributed by atoms with Crippen molar-refractivity contribution in [3.05, 3.63) is 45.9 Å². The lowest BCUT2D eigenvalue weighted by molar-refractivity contribution is 0.241. The molecule has 0 aliphatic heterocycles. The van der Waals surface area contributed by atoms with Gasteiger partial charge in [0.1, 0.15) is 5.75 Å². The molecule has 1 N–H and O–H groups in total. The molecule has 1 unspecified atom stereocenters. The maximum absolute atomic E-state index is 5.72. The minimum atomic E-state index is 0.161. The largest absolute Gasteiger partial charge is 0.489 e. The number of nitrogens with one attached hydrogen (secondary N) is 1. The SMILES string of the molecule is CCc1ccc(C(NC)c2cncc(OC(C)C)c2)s1. The number of thiophene rings is 1. The Morgan fingerprint density at radius 3 is 2.70 bits per heavy atom. The molecule has 0 aliphatic carbocycles. The fraction of sp³-hybridized carbons (Fsp3) is 0.438. The highest BCUT2D eigenvalue weighted by Gasteiger charge is 2.15. The Kier molecular flexibility index (Phi) is 5.15. The molecule has 0 saturated carbocycles. The Labute approximate surface area is 125 Å². The molecule has 0 radical (unpaired) electrons. The van der Waals surface area contributed by atoms with E-state index in [0.717, 1.165) is 17.7 Å². The van der Waals surface area contributed by atoms with Crippen molar-refractivity contribution in [1.82, 2.24) is 10.3 Å². The van der Waals surface area contributed by atoms with Gasteiger partial charge in [-0.3, -0.25) is 4.98 Å². The summed E-state index contributed by atoms with van der Waals surface area (Å²) in [5.41, 5.74) is 1.13. The van der Waals surface area contributed by atoms with Gasteiger partial charge in [0.25, 0.3) is 0 Å². The van der Waals surface area contributed by atoms with E-state index in [1.165, 1.54) is 9.75 Å². The summed E-state index contributed by atoms with van der Waals surface area (Å²) in [6.07, 6.45) is 4.91.